The molecule has 26 heavy (non-hydrogen) atoms. The molecule has 3 saturated heterocycles. The number of nitrogens with one attached hydrogen (secondary N) is 1. The van der Waals surface area contributed by atoms with Gasteiger partial charge in [0.15, 0.2) is 5.13 Å². The third kappa shape index (κ3) is 3.21. The van der Waals surface area contributed by atoms with Gasteiger partial charge in [0.2, 0.25) is 5.56 Å². The number of aromatic nitrogens is 2. The lowest BCUT2D eigenvalue weighted by Crippen LogP contribution is -2.59. The minimum atomic E-state index is -0.202. The maximum Gasteiger partial charge on any atom is 0.261 e. The van der Waals surface area contributed by atoms with Gasteiger partial charge in [0.25, 0.3) is 5.91 Å². The van der Waals surface area contributed by atoms with E-state index < -0.39 is 0 Å². The highest BCUT2D eigenvalue weighted by atomic mass is 32.1. The van der Waals surface area contributed by atoms with E-state index in [9.17, 15) is 9.59 Å². The molecule has 0 aromatic carbocycles. The monoisotopic (exact) mass is 372 g/mol. The van der Waals surface area contributed by atoms with Gasteiger partial charge in [0, 0.05) is 29.9 Å². The molecular weight excluding hydrogens is 348 g/mol. The second kappa shape index (κ2) is 6.96. The number of hydrogen-bond acceptors (Lipinski definition) is 5. The zero-order chi connectivity index (χ0) is 18.3. The summed E-state index contributed by atoms with van der Waals surface area (Å²) >= 11 is 1.60. The number of piperidine rings is 3. The molecule has 6 nitrogen and oxygen atoms in total. The molecule has 0 saturated carbocycles. The van der Waals surface area contributed by atoms with Crippen LogP contribution in [0.25, 0.3) is 0 Å². The summed E-state index contributed by atoms with van der Waals surface area (Å²) in [7, 11) is 0. The number of fused-ring (bicyclic) bond motifs is 3. The number of amides is 1. The fraction of sp³-hybridized carbons (Fsp3) is 0.526. The Balaban J connectivity index is 1.72. The largest absolute Gasteiger partial charge is 0.328 e. The molecule has 1 atom stereocenters. The van der Waals surface area contributed by atoms with Gasteiger partial charge < -0.3 is 9.88 Å². The van der Waals surface area contributed by atoms with E-state index in [1.807, 2.05) is 11.1 Å². The van der Waals surface area contributed by atoms with Crippen molar-refractivity contribution in [2.24, 2.45) is 5.92 Å². The Kier molecular flexibility index (Phi) is 4.67. The van der Waals surface area contributed by atoms with Crippen LogP contribution in [0.5, 0.6) is 0 Å². The summed E-state index contributed by atoms with van der Waals surface area (Å²) in [5.74, 6) is 0.820. The number of hydrogen-bond donors (Lipinski definition) is 1. The minimum absolute atomic E-state index is 0.0790. The molecule has 138 valence electrons. The highest BCUT2D eigenvalue weighted by molar-refractivity contribution is 7.15. The lowest BCUT2D eigenvalue weighted by Gasteiger charge is -2.48. The first-order chi connectivity index (χ1) is 12.5. The van der Waals surface area contributed by atoms with Crippen LogP contribution in [0.15, 0.2) is 29.3 Å². The number of rotatable bonds is 4. The molecule has 3 fully saturated rings. The van der Waals surface area contributed by atoms with Gasteiger partial charge in [0.1, 0.15) is 0 Å². The Bertz CT molecular complexity index is 831. The molecule has 3 aliphatic heterocycles. The minimum Gasteiger partial charge on any atom is -0.328 e. The zero-order valence-corrected chi connectivity index (χ0v) is 16.0. The van der Waals surface area contributed by atoms with Gasteiger partial charge in [-0.15, -0.1) is 11.3 Å². The van der Waals surface area contributed by atoms with Crippen LogP contribution in [-0.2, 0) is 0 Å². The maximum atomic E-state index is 13.4. The van der Waals surface area contributed by atoms with Crippen molar-refractivity contribution < 1.29 is 4.79 Å². The summed E-state index contributed by atoms with van der Waals surface area (Å²) < 4.78 is 0. The summed E-state index contributed by atoms with van der Waals surface area (Å²) in [5.41, 5.74) is 0.301. The van der Waals surface area contributed by atoms with E-state index in [1.54, 1.807) is 17.4 Å². The summed E-state index contributed by atoms with van der Waals surface area (Å²) in [6.45, 7) is 7.42. The van der Waals surface area contributed by atoms with Crippen LogP contribution >= 0.6 is 11.3 Å². The molecule has 7 heteroatoms. The standard InChI is InChI=1S/C19H24N4O2S/c1-12(2)16-10-21-19(26-16)23(15-11-22-7-5-13(15)6-8-22)18(25)14-3-4-17(24)20-9-14/h3-4,9-10,12-13,15H,5-8,11H2,1-2H3,(H,20,24)/t15-/m1/s1. The Morgan fingerprint density at radius 1 is 1.35 bits per heavy atom. The number of thiazole rings is 1. The molecule has 0 radical (unpaired) electrons. The van der Waals surface area contributed by atoms with E-state index >= 15 is 0 Å². The van der Waals surface area contributed by atoms with Crippen LogP contribution < -0.4 is 10.5 Å². The van der Waals surface area contributed by atoms with Crippen LogP contribution in [0.2, 0.25) is 0 Å². The van der Waals surface area contributed by atoms with Gasteiger partial charge in [-0.1, -0.05) is 13.8 Å². The van der Waals surface area contributed by atoms with E-state index in [0.717, 1.165) is 37.6 Å². The van der Waals surface area contributed by atoms with Crippen molar-refractivity contribution in [3.05, 3.63) is 45.3 Å². The van der Waals surface area contributed by atoms with Gasteiger partial charge in [-0.25, -0.2) is 4.98 Å². The molecule has 2 aromatic rings. The Morgan fingerprint density at radius 2 is 2.12 bits per heavy atom. The average Bonchev–Trinajstić information content (AvgIpc) is 3.13. The first kappa shape index (κ1) is 17.4. The van der Waals surface area contributed by atoms with Crippen molar-refractivity contribution in [3.63, 3.8) is 0 Å². The summed E-state index contributed by atoms with van der Waals surface area (Å²) in [6, 6.07) is 3.15. The molecular formula is C19H24N4O2S. The molecule has 1 N–H and O–H groups in total. The second-order valence-electron chi connectivity index (χ2n) is 7.52. The third-order valence-corrected chi connectivity index (χ3v) is 6.79. The zero-order valence-electron chi connectivity index (χ0n) is 15.1. The van der Waals surface area contributed by atoms with E-state index in [-0.39, 0.29) is 17.5 Å². The van der Waals surface area contributed by atoms with Crippen molar-refractivity contribution in [2.75, 3.05) is 24.5 Å². The smallest absolute Gasteiger partial charge is 0.261 e. The topological polar surface area (TPSA) is 69.3 Å². The number of carbonyl (C=O) groups is 1. The number of anilines is 1. The van der Waals surface area contributed by atoms with Gasteiger partial charge >= 0.3 is 0 Å². The maximum absolute atomic E-state index is 13.4. The van der Waals surface area contributed by atoms with Crippen molar-refractivity contribution in [2.45, 2.75) is 38.6 Å². The first-order valence-electron chi connectivity index (χ1n) is 9.23. The van der Waals surface area contributed by atoms with Crippen LogP contribution in [0, 0.1) is 5.92 Å². The van der Waals surface area contributed by atoms with Crippen LogP contribution in [-0.4, -0.2) is 46.5 Å². The molecule has 5 rings (SSSR count). The van der Waals surface area contributed by atoms with E-state index in [4.69, 9.17) is 0 Å². The van der Waals surface area contributed by atoms with Crippen LogP contribution in [0.1, 0.15) is 47.8 Å². The quantitative estimate of drug-likeness (QED) is 0.896. The van der Waals surface area contributed by atoms with Crippen molar-refractivity contribution in [1.82, 2.24) is 14.9 Å². The Labute approximate surface area is 156 Å². The third-order valence-electron chi connectivity index (χ3n) is 5.49. The summed E-state index contributed by atoms with van der Waals surface area (Å²) in [4.78, 5) is 37.5. The first-order valence-corrected chi connectivity index (χ1v) is 10.0. The van der Waals surface area contributed by atoms with Crippen molar-refractivity contribution >= 4 is 22.4 Å². The molecule has 1 amide bonds. The van der Waals surface area contributed by atoms with E-state index in [2.05, 4.69) is 28.7 Å². The summed E-state index contributed by atoms with van der Waals surface area (Å²) in [5, 5.41) is 0.767. The molecule has 0 unspecified atom stereocenters. The summed E-state index contributed by atoms with van der Waals surface area (Å²) in [6.07, 6.45) is 5.65. The molecule has 0 aliphatic carbocycles. The molecule has 2 bridgehead atoms. The number of nitrogens with zero attached hydrogens (tertiary/aromatic N) is 3. The van der Waals surface area contributed by atoms with E-state index in [1.165, 1.54) is 17.1 Å². The highest BCUT2D eigenvalue weighted by Gasteiger charge is 2.41. The molecule has 5 heterocycles. The number of pyridine rings is 1. The van der Waals surface area contributed by atoms with Crippen LogP contribution in [0.4, 0.5) is 5.13 Å². The lowest BCUT2D eigenvalue weighted by molar-refractivity contribution is 0.0734. The van der Waals surface area contributed by atoms with E-state index in [0.29, 0.717) is 17.4 Å². The number of aromatic amines is 1. The molecule has 2 aromatic heterocycles. The second-order valence-corrected chi connectivity index (χ2v) is 8.56. The molecule has 3 aliphatic rings. The Morgan fingerprint density at radius 3 is 2.65 bits per heavy atom. The predicted octanol–water partition coefficient (Wildman–Crippen LogP) is 2.70. The predicted molar refractivity (Wildman–Crippen MR) is 103 cm³/mol. The Hall–Kier alpha value is -1.99. The fourth-order valence-corrected chi connectivity index (χ4v) is 4.92. The lowest BCUT2D eigenvalue weighted by atomic mass is 9.83. The number of H-pyrrole nitrogens is 1. The van der Waals surface area contributed by atoms with Gasteiger partial charge in [-0.3, -0.25) is 14.5 Å². The average molecular weight is 372 g/mol. The van der Waals surface area contributed by atoms with Crippen molar-refractivity contribution in [3.8, 4) is 0 Å². The SMILES string of the molecule is CC(C)c1cnc(N(C(=O)c2ccc(=O)[nH]c2)[C@@H]2CN3CCC2CC3)s1. The molecule has 0 spiro atoms. The van der Waals surface area contributed by atoms with Crippen LogP contribution in [0.3, 0.4) is 0 Å². The van der Waals surface area contributed by atoms with Gasteiger partial charge in [0.05, 0.1) is 11.6 Å². The van der Waals surface area contributed by atoms with Crippen molar-refractivity contribution in [1.29, 1.82) is 0 Å². The normalized spacial score (nSPS) is 24.8. The fourth-order valence-electron chi connectivity index (χ4n) is 3.94. The van der Waals surface area contributed by atoms with Gasteiger partial charge in [-0.2, -0.15) is 0 Å². The number of carbonyl (C=O) groups excluding carboxylic acids is 1. The highest BCUT2D eigenvalue weighted by Crippen LogP contribution is 2.37. The van der Waals surface area contributed by atoms with Gasteiger partial charge in [-0.05, 0) is 43.8 Å².